The molecule has 0 amide bonds. The van der Waals surface area contributed by atoms with E-state index in [4.69, 9.17) is 0 Å². The molecule has 7 aromatic carbocycles. The number of hydrogen-bond acceptors (Lipinski definition) is 2. The lowest BCUT2D eigenvalue weighted by Crippen LogP contribution is -2.12. The Morgan fingerprint density at radius 1 is 0.426 bits per heavy atom. The molecule has 10 rings (SSSR count). The quantitative estimate of drug-likeness (QED) is 0.164. The molecule has 7 aromatic rings. The van der Waals surface area contributed by atoms with Crippen molar-refractivity contribution in [2.75, 3.05) is 16.8 Å². The number of para-hydroxylation sites is 1. The van der Waals surface area contributed by atoms with Crippen molar-refractivity contribution in [2.24, 2.45) is 0 Å². The standard InChI is InChI=1S/C52H40N2/c1-53(51-23-11-21-47-46-20-9-8-14-41(46)34-49(47)51)42-29-25-36(26-30-42)38-15-10-16-39(33-38)37-27-31-44(32-28-37)54(43-17-5-3-6-18-43)52-24-12-22-48-45-19-7-2-4-13-40(45)35-50(48)52/h3-33H,2,34-35H2,1H3. The Morgan fingerprint density at radius 3 is 1.80 bits per heavy atom. The molecule has 0 unspecified atom stereocenters. The molecule has 0 radical (unpaired) electrons. The Labute approximate surface area is 318 Å². The summed E-state index contributed by atoms with van der Waals surface area (Å²) in [5.74, 6) is 0. The van der Waals surface area contributed by atoms with E-state index in [-0.39, 0.29) is 0 Å². The number of anilines is 5. The summed E-state index contributed by atoms with van der Waals surface area (Å²) < 4.78 is 0. The van der Waals surface area contributed by atoms with Gasteiger partial charge in [-0.05, 0) is 128 Å². The fourth-order valence-electron chi connectivity index (χ4n) is 8.66. The van der Waals surface area contributed by atoms with Gasteiger partial charge in [0.05, 0.1) is 5.69 Å². The zero-order valence-electron chi connectivity index (χ0n) is 30.4. The van der Waals surface area contributed by atoms with Crippen LogP contribution in [0.5, 0.6) is 0 Å². The molecule has 2 heteroatoms. The average Bonchev–Trinajstić information content (AvgIpc) is 3.70. The lowest BCUT2D eigenvalue weighted by molar-refractivity contribution is 1.16. The van der Waals surface area contributed by atoms with Crippen LogP contribution in [0.2, 0.25) is 0 Å². The molecular weight excluding hydrogens is 653 g/mol. The molecule has 0 fully saturated rings. The predicted octanol–water partition coefficient (Wildman–Crippen LogP) is 13.7. The van der Waals surface area contributed by atoms with E-state index in [1.54, 1.807) is 0 Å². The first-order valence-corrected chi connectivity index (χ1v) is 19.0. The SMILES string of the molecule is CN(c1ccc(-c2cccc(-c3ccc(N(c4ccccc4)c4cccc5c4CC4=C5C=CCC=C4)cc3)c2)cc1)c1cccc2c1Cc1ccccc1-2. The van der Waals surface area contributed by atoms with Crippen LogP contribution in [-0.2, 0) is 12.8 Å². The van der Waals surface area contributed by atoms with Gasteiger partial charge in [0.15, 0.2) is 0 Å². The van der Waals surface area contributed by atoms with Crippen LogP contribution >= 0.6 is 0 Å². The Kier molecular flexibility index (Phi) is 7.95. The largest absolute Gasteiger partial charge is 0.344 e. The van der Waals surface area contributed by atoms with Crippen molar-refractivity contribution in [1.29, 1.82) is 0 Å². The summed E-state index contributed by atoms with van der Waals surface area (Å²) in [7, 11) is 2.18. The van der Waals surface area contributed by atoms with Crippen LogP contribution < -0.4 is 9.80 Å². The van der Waals surface area contributed by atoms with Crippen molar-refractivity contribution in [3.05, 3.63) is 216 Å². The predicted molar refractivity (Wildman–Crippen MR) is 228 cm³/mol. The Bertz CT molecular complexity index is 2620. The lowest BCUT2D eigenvalue weighted by Gasteiger charge is -2.28. The first-order valence-electron chi connectivity index (χ1n) is 19.0. The van der Waals surface area contributed by atoms with Gasteiger partial charge in [0.2, 0.25) is 0 Å². The van der Waals surface area contributed by atoms with Crippen LogP contribution in [0.25, 0.3) is 39.0 Å². The van der Waals surface area contributed by atoms with E-state index >= 15 is 0 Å². The third-order valence-electron chi connectivity index (χ3n) is 11.4. The smallest absolute Gasteiger partial charge is 0.0503 e. The van der Waals surface area contributed by atoms with Crippen LogP contribution in [0.4, 0.5) is 28.4 Å². The molecule has 0 aliphatic heterocycles. The minimum atomic E-state index is 0.941. The second-order valence-electron chi connectivity index (χ2n) is 14.5. The number of rotatable bonds is 7. The maximum atomic E-state index is 2.42. The molecule has 0 N–H and O–H groups in total. The molecule has 0 saturated carbocycles. The van der Waals surface area contributed by atoms with Gasteiger partial charge in [-0.2, -0.15) is 0 Å². The zero-order chi connectivity index (χ0) is 36.0. The molecule has 3 aliphatic rings. The van der Waals surface area contributed by atoms with E-state index in [1.165, 1.54) is 83.8 Å². The molecule has 0 saturated heterocycles. The first kappa shape index (κ1) is 32.0. The molecule has 258 valence electrons. The van der Waals surface area contributed by atoms with Crippen molar-refractivity contribution < 1.29 is 0 Å². The molecule has 0 aromatic heterocycles. The number of allylic oxidation sites excluding steroid dienone is 6. The van der Waals surface area contributed by atoms with Gasteiger partial charge in [0.1, 0.15) is 0 Å². The van der Waals surface area contributed by atoms with Crippen molar-refractivity contribution in [2.45, 2.75) is 19.3 Å². The topological polar surface area (TPSA) is 6.48 Å². The Hall–Kier alpha value is -6.64. The van der Waals surface area contributed by atoms with Crippen molar-refractivity contribution >= 4 is 34.0 Å². The van der Waals surface area contributed by atoms with Gasteiger partial charge >= 0.3 is 0 Å². The summed E-state index contributed by atoms with van der Waals surface area (Å²) in [5.41, 5.74) is 21.8. The maximum Gasteiger partial charge on any atom is 0.0503 e. The van der Waals surface area contributed by atoms with E-state index in [0.29, 0.717) is 0 Å². The van der Waals surface area contributed by atoms with Crippen molar-refractivity contribution in [1.82, 2.24) is 0 Å². The molecule has 3 aliphatic carbocycles. The van der Waals surface area contributed by atoms with Crippen LogP contribution in [0.15, 0.2) is 194 Å². The normalized spacial score (nSPS) is 13.6. The van der Waals surface area contributed by atoms with Gasteiger partial charge in [0, 0.05) is 42.6 Å². The fraction of sp³-hybridized carbons (Fsp3) is 0.0769. The molecule has 0 bridgehead atoms. The Morgan fingerprint density at radius 2 is 1.02 bits per heavy atom. The second kappa shape index (κ2) is 13.4. The van der Waals surface area contributed by atoms with Gasteiger partial charge in [-0.3, -0.25) is 0 Å². The monoisotopic (exact) mass is 692 g/mol. The second-order valence-corrected chi connectivity index (χ2v) is 14.5. The average molecular weight is 693 g/mol. The van der Waals surface area contributed by atoms with Crippen LogP contribution in [-0.4, -0.2) is 7.05 Å². The molecule has 0 spiro atoms. The molecular formula is C52H40N2. The van der Waals surface area contributed by atoms with Gasteiger partial charge in [0.25, 0.3) is 0 Å². The van der Waals surface area contributed by atoms with Crippen molar-refractivity contribution in [3.63, 3.8) is 0 Å². The molecule has 0 heterocycles. The van der Waals surface area contributed by atoms with Gasteiger partial charge in [-0.25, -0.2) is 0 Å². The summed E-state index contributed by atoms with van der Waals surface area (Å²) in [4.78, 5) is 4.74. The summed E-state index contributed by atoms with van der Waals surface area (Å²) in [6.07, 6.45) is 12.1. The molecule has 2 nitrogen and oxygen atoms in total. The summed E-state index contributed by atoms with van der Waals surface area (Å²) in [6.45, 7) is 0. The molecule has 0 atom stereocenters. The highest BCUT2D eigenvalue weighted by atomic mass is 15.1. The number of nitrogens with zero attached hydrogens (tertiary/aromatic N) is 2. The summed E-state index contributed by atoms with van der Waals surface area (Å²) in [5, 5.41) is 0. The van der Waals surface area contributed by atoms with Gasteiger partial charge < -0.3 is 9.80 Å². The third kappa shape index (κ3) is 5.59. The van der Waals surface area contributed by atoms with Gasteiger partial charge in [-0.1, -0.05) is 133 Å². The summed E-state index contributed by atoms with van der Waals surface area (Å²) >= 11 is 0. The fourth-order valence-corrected chi connectivity index (χ4v) is 8.66. The third-order valence-corrected chi connectivity index (χ3v) is 11.4. The van der Waals surface area contributed by atoms with Gasteiger partial charge in [-0.15, -0.1) is 0 Å². The highest BCUT2D eigenvalue weighted by Crippen LogP contribution is 2.46. The van der Waals surface area contributed by atoms with E-state index in [2.05, 4.69) is 205 Å². The number of benzene rings is 7. The van der Waals surface area contributed by atoms with E-state index in [1.807, 2.05) is 0 Å². The van der Waals surface area contributed by atoms with Crippen LogP contribution in [0, 0.1) is 0 Å². The van der Waals surface area contributed by atoms with E-state index in [9.17, 15) is 0 Å². The van der Waals surface area contributed by atoms with E-state index < -0.39 is 0 Å². The van der Waals surface area contributed by atoms with Crippen LogP contribution in [0.3, 0.4) is 0 Å². The highest BCUT2D eigenvalue weighted by Gasteiger charge is 2.26. The minimum Gasteiger partial charge on any atom is -0.344 e. The lowest BCUT2D eigenvalue weighted by atomic mass is 9.98. The zero-order valence-corrected chi connectivity index (χ0v) is 30.4. The maximum absolute atomic E-state index is 2.42. The number of fused-ring (bicyclic) bond motifs is 5. The summed E-state index contributed by atoms with van der Waals surface area (Å²) in [6, 6.07) is 60.0. The van der Waals surface area contributed by atoms with Crippen molar-refractivity contribution in [3.8, 4) is 33.4 Å². The van der Waals surface area contributed by atoms with E-state index in [0.717, 1.165) is 30.6 Å². The Balaban J connectivity index is 0.926. The highest BCUT2D eigenvalue weighted by molar-refractivity contribution is 5.91. The molecule has 54 heavy (non-hydrogen) atoms. The first-order chi connectivity index (χ1) is 26.7. The van der Waals surface area contributed by atoms with Crippen LogP contribution in [0.1, 0.15) is 28.7 Å². The minimum absolute atomic E-state index is 0.941. The number of hydrogen-bond donors (Lipinski definition) is 0.